The van der Waals surface area contributed by atoms with E-state index in [0.717, 1.165) is 66.6 Å². The molecule has 1 aromatic heterocycles. The molecule has 12 rings (SSSR count). The molecule has 0 aliphatic carbocycles. The molecule has 0 fully saturated rings. The summed E-state index contributed by atoms with van der Waals surface area (Å²) in [6.45, 7) is 8.45. The second kappa shape index (κ2) is 16.3. The van der Waals surface area contributed by atoms with Crippen LogP contribution in [0.1, 0.15) is 0 Å². The highest BCUT2D eigenvalue weighted by Crippen LogP contribution is 2.45. The molecule has 0 saturated carbocycles. The fraction of sp³-hybridized carbons (Fsp3) is 0. The van der Waals surface area contributed by atoms with Gasteiger partial charge in [0, 0.05) is 16.7 Å². The summed E-state index contributed by atoms with van der Waals surface area (Å²) in [5.74, 6) is 1.70. The minimum Gasteiger partial charge on any atom is -0.237 e. The van der Waals surface area contributed by atoms with Gasteiger partial charge in [0.25, 0.3) is 0 Å². The molecule has 0 aliphatic heterocycles. The third-order valence-electron chi connectivity index (χ3n) is 12.7. The summed E-state index contributed by atoms with van der Waals surface area (Å²) in [6.07, 6.45) is 0. The summed E-state index contributed by atoms with van der Waals surface area (Å²) in [4.78, 5) is 20.0. The van der Waals surface area contributed by atoms with Gasteiger partial charge in [-0.2, -0.15) is 0 Å². The highest BCUT2D eigenvalue weighted by Gasteiger charge is 2.22. The van der Waals surface area contributed by atoms with Gasteiger partial charge in [-0.1, -0.05) is 212 Å². The SMILES string of the molecule is [C-]#[N+]c1cccc(-c2ccccc2-c2nc(-c3ccccc3)nc(-c3ccccc3-c3cc4ccccc4c4ccccc34)n2)c1-c1cccc(-c2cc3ccccc3c3ccccc23)c1. The predicted octanol–water partition coefficient (Wildman–Crippen LogP) is 16.7. The van der Waals surface area contributed by atoms with Crippen molar-refractivity contribution in [1.29, 1.82) is 0 Å². The zero-order valence-electron chi connectivity index (χ0n) is 35.7. The van der Waals surface area contributed by atoms with E-state index < -0.39 is 0 Å². The fourth-order valence-corrected chi connectivity index (χ4v) is 9.73. The van der Waals surface area contributed by atoms with Gasteiger partial charge in [0.2, 0.25) is 0 Å². The molecule has 0 unspecified atom stereocenters. The molecule has 0 N–H and O–H groups in total. The normalized spacial score (nSPS) is 11.3. The molecule has 0 bridgehead atoms. The smallest absolute Gasteiger partial charge is 0.195 e. The maximum Gasteiger partial charge on any atom is 0.195 e. The van der Waals surface area contributed by atoms with Gasteiger partial charge in [0.15, 0.2) is 23.2 Å². The van der Waals surface area contributed by atoms with E-state index in [1.165, 1.54) is 37.7 Å². The molecule has 66 heavy (non-hydrogen) atoms. The van der Waals surface area contributed by atoms with Crippen molar-refractivity contribution >= 4 is 48.8 Å². The van der Waals surface area contributed by atoms with Crippen molar-refractivity contribution in [2.24, 2.45) is 0 Å². The Labute approximate surface area is 382 Å². The highest BCUT2D eigenvalue weighted by molar-refractivity contribution is 6.15. The predicted molar refractivity (Wildman–Crippen MR) is 274 cm³/mol. The summed E-state index contributed by atoms with van der Waals surface area (Å²) in [5, 5.41) is 9.57. The van der Waals surface area contributed by atoms with Gasteiger partial charge in [-0.05, 0) is 106 Å². The minimum atomic E-state index is 0.545. The third kappa shape index (κ3) is 6.66. The van der Waals surface area contributed by atoms with Gasteiger partial charge < -0.3 is 0 Å². The van der Waals surface area contributed by atoms with Crippen LogP contribution in [0, 0.1) is 6.57 Å². The Kier molecular flexibility index (Phi) is 9.51. The van der Waals surface area contributed by atoms with Crippen molar-refractivity contribution in [3.05, 3.63) is 242 Å². The lowest BCUT2D eigenvalue weighted by Crippen LogP contribution is -2.02. The van der Waals surface area contributed by atoms with Crippen LogP contribution in [0.15, 0.2) is 231 Å². The average Bonchev–Trinajstić information content (AvgIpc) is 3.40. The van der Waals surface area contributed by atoms with Crippen LogP contribution in [0.5, 0.6) is 0 Å². The van der Waals surface area contributed by atoms with Crippen LogP contribution in [-0.4, -0.2) is 15.0 Å². The van der Waals surface area contributed by atoms with Crippen molar-refractivity contribution in [2.45, 2.75) is 0 Å². The summed E-state index contributed by atoms with van der Waals surface area (Å²) in [7, 11) is 0. The second-order valence-electron chi connectivity index (χ2n) is 16.5. The number of fused-ring (bicyclic) bond motifs is 6. The quantitative estimate of drug-likeness (QED) is 0.119. The van der Waals surface area contributed by atoms with Gasteiger partial charge in [-0.3, -0.25) is 0 Å². The second-order valence-corrected chi connectivity index (χ2v) is 16.5. The first-order valence-electron chi connectivity index (χ1n) is 22.1. The molecule has 1 heterocycles. The lowest BCUT2D eigenvalue weighted by molar-refractivity contribution is 1.07. The Hall–Kier alpha value is -9.04. The fourth-order valence-electron chi connectivity index (χ4n) is 9.73. The zero-order chi connectivity index (χ0) is 44.0. The van der Waals surface area contributed by atoms with E-state index in [-0.39, 0.29) is 0 Å². The molecular weight excluding hydrogens is 801 g/mol. The zero-order valence-corrected chi connectivity index (χ0v) is 35.7. The molecule has 0 radical (unpaired) electrons. The average molecular weight is 839 g/mol. The lowest BCUT2D eigenvalue weighted by atomic mass is 9.88. The molecule has 4 nitrogen and oxygen atoms in total. The number of nitrogens with zero attached hydrogens (tertiary/aromatic N) is 4. The van der Waals surface area contributed by atoms with Gasteiger partial charge in [-0.15, -0.1) is 0 Å². The first-order valence-corrected chi connectivity index (χ1v) is 22.1. The van der Waals surface area contributed by atoms with E-state index in [1.807, 2.05) is 54.6 Å². The molecular formula is C62H38N4. The van der Waals surface area contributed by atoms with Crippen LogP contribution in [0.4, 0.5) is 5.69 Å². The summed E-state index contributed by atoms with van der Waals surface area (Å²) in [5.41, 5.74) is 11.3. The standard InChI is InChI=1S/C62H38N4/c1-63-58-36-18-35-53(59(58)44-24-17-23-41(37-44)56-38-42-21-5-7-25-45(42)47-27-9-11-29-49(47)56)51-31-13-15-33-54(51)61-64-60(40-19-3-2-4-20-40)65-62(66-61)55-34-16-14-32-52(55)57-39-43-22-6-8-26-46(43)48-28-10-12-30-50(48)57/h2-39H. The van der Waals surface area contributed by atoms with Crippen molar-refractivity contribution in [3.63, 3.8) is 0 Å². The van der Waals surface area contributed by atoms with Crippen LogP contribution in [-0.2, 0) is 0 Å². The largest absolute Gasteiger partial charge is 0.237 e. The Morgan fingerprint density at radius 3 is 1.32 bits per heavy atom. The van der Waals surface area contributed by atoms with Crippen LogP contribution < -0.4 is 0 Å². The van der Waals surface area contributed by atoms with Crippen molar-refractivity contribution in [2.75, 3.05) is 0 Å². The first kappa shape index (κ1) is 38.6. The van der Waals surface area contributed by atoms with E-state index in [9.17, 15) is 0 Å². The van der Waals surface area contributed by atoms with E-state index >= 15 is 0 Å². The molecule has 0 atom stereocenters. The van der Waals surface area contributed by atoms with Crippen molar-refractivity contribution in [1.82, 2.24) is 15.0 Å². The Morgan fingerprint density at radius 1 is 0.273 bits per heavy atom. The van der Waals surface area contributed by atoms with E-state index in [2.05, 4.69) is 181 Å². The van der Waals surface area contributed by atoms with Crippen molar-refractivity contribution < 1.29 is 0 Å². The Balaban J connectivity index is 1.05. The summed E-state index contributed by atoms with van der Waals surface area (Å²) >= 11 is 0. The molecule has 0 spiro atoms. The number of rotatable bonds is 7. The van der Waals surface area contributed by atoms with E-state index in [4.69, 9.17) is 21.5 Å². The maximum atomic E-state index is 8.45. The van der Waals surface area contributed by atoms with Gasteiger partial charge in [-0.25, -0.2) is 19.8 Å². The molecule has 11 aromatic carbocycles. The molecule has 306 valence electrons. The minimum absolute atomic E-state index is 0.545. The maximum absolute atomic E-state index is 8.45. The van der Waals surface area contributed by atoms with E-state index in [1.54, 1.807) is 0 Å². The molecule has 0 saturated heterocycles. The van der Waals surface area contributed by atoms with Crippen LogP contribution in [0.3, 0.4) is 0 Å². The molecule has 12 aromatic rings. The Bertz CT molecular complexity index is 3900. The topological polar surface area (TPSA) is 43.0 Å². The summed E-state index contributed by atoms with van der Waals surface area (Å²) in [6, 6.07) is 80.4. The monoisotopic (exact) mass is 838 g/mol. The third-order valence-corrected chi connectivity index (χ3v) is 12.7. The van der Waals surface area contributed by atoms with Gasteiger partial charge in [0.1, 0.15) is 0 Å². The highest BCUT2D eigenvalue weighted by atomic mass is 15.0. The number of hydrogen-bond acceptors (Lipinski definition) is 3. The van der Waals surface area contributed by atoms with Crippen LogP contribution in [0.2, 0.25) is 0 Å². The number of hydrogen-bond donors (Lipinski definition) is 0. The first-order chi connectivity index (χ1) is 32.7. The number of benzene rings is 11. The van der Waals surface area contributed by atoms with Crippen LogP contribution >= 0.6 is 0 Å². The number of aromatic nitrogens is 3. The van der Waals surface area contributed by atoms with Crippen LogP contribution in [0.25, 0.3) is 127 Å². The summed E-state index contributed by atoms with van der Waals surface area (Å²) < 4.78 is 0. The van der Waals surface area contributed by atoms with Crippen molar-refractivity contribution in [3.8, 4) is 78.7 Å². The van der Waals surface area contributed by atoms with E-state index in [0.29, 0.717) is 23.2 Å². The molecule has 0 aliphatic rings. The lowest BCUT2D eigenvalue weighted by Gasteiger charge is -2.18. The molecule has 0 amide bonds. The van der Waals surface area contributed by atoms with Gasteiger partial charge >= 0.3 is 0 Å². The Morgan fingerprint density at radius 2 is 0.697 bits per heavy atom. The van der Waals surface area contributed by atoms with Gasteiger partial charge in [0.05, 0.1) is 6.57 Å². The molecule has 4 heteroatoms.